The zero-order valence-corrected chi connectivity index (χ0v) is 13.6. The van der Waals surface area contributed by atoms with Crippen LogP contribution >= 0.6 is 0 Å². The maximum atomic E-state index is 12.7. The summed E-state index contributed by atoms with van der Waals surface area (Å²) in [6, 6.07) is 19.1. The number of hydrogen-bond donors (Lipinski definition) is 1. The zero-order chi connectivity index (χ0) is 17.0. The van der Waals surface area contributed by atoms with Crippen LogP contribution in [0.5, 0.6) is 0 Å². The van der Waals surface area contributed by atoms with Crippen LogP contribution in [0.3, 0.4) is 0 Å². The quantitative estimate of drug-likeness (QED) is 0.784. The van der Waals surface area contributed by atoms with Crippen LogP contribution in [0.15, 0.2) is 73.1 Å². The minimum Gasteiger partial charge on any atom is -0.364 e. The van der Waals surface area contributed by atoms with Gasteiger partial charge in [-0.05, 0) is 24.6 Å². The first kappa shape index (κ1) is 16.0. The van der Waals surface area contributed by atoms with Crippen LogP contribution < -0.4 is 5.32 Å². The highest BCUT2D eigenvalue weighted by Gasteiger charge is 2.35. The zero-order valence-electron chi connectivity index (χ0n) is 13.6. The largest absolute Gasteiger partial charge is 0.364 e. The van der Waals surface area contributed by atoms with Gasteiger partial charge in [-0.1, -0.05) is 48.5 Å². The van der Waals surface area contributed by atoms with E-state index in [1.807, 2.05) is 60.7 Å². The number of rotatable bonds is 5. The topological polar surface area (TPSA) is 56.1 Å². The summed E-state index contributed by atoms with van der Waals surface area (Å²) in [7, 11) is 1.53. The van der Waals surface area contributed by atoms with Gasteiger partial charge in [-0.25, -0.2) is 4.68 Å². The smallest absolute Gasteiger partial charge is 0.261 e. The molecule has 0 saturated heterocycles. The predicted molar refractivity (Wildman–Crippen MR) is 93.0 cm³/mol. The Bertz CT molecular complexity index is 815. The standard InChI is InChI=1S/C19H19N3O2/c1-19(24-2,15-9-5-3-6-10-15)18(23)21-16-13-20-22(14-16)17-11-7-4-8-12-17/h3-14H,1-2H3,(H,21,23). The Morgan fingerprint density at radius 2 is 1.71 bits per heavy atom. The van der Waals surface area contributed by atoms with E-state index in [1.54, 1.807) is 24.0 Å². The second kappa shape index (κ2) is 6.68. The number of aromatic nitrogens is 2. The summed E-state index contributed by atoms with van der Waals surface area (Å²) in [5, 5.41) is 7.16. The lowest BCUT2D eigenvalue weighted by molar-refractivity contribution is -0.136. The molecule has 0 aliphatic rings. The molecule has 1 amide bonds. The number of nitrogens with zero attached hydrogens (tertiary/aromatic N) is 2. The van der Waals surface area contributed by atoms with Crippen LogP contribution in [-0.2, 0) is 15.1 Å². The van der Waals surface area contributed by atoms with E-state index in [0.29, 0.717) is 5.69 Å². The average Bonchev–Trinajstić information content (AvgIpc) is 3.11. The third-order valence-electron chi connectivity index (χ3n) is 4.03. The van der Waals surface area contributed by atoms with Crippen LogP contribution in [0.1, 0.15) is 12.5 Å². The Hall–Kier alpha value is -2.92. The number of amides is 1. The lowest BCUT2D eigenvalue weighted by Crippen LogP contribution is -2.39. The Balaban J connectivity index is 1.81. The summed E-state index contributed by atoms with van der Waals surface area (Å²) in [5.74, 6) is -0.246. The fourth-order valence-electron chi connectivity index (χ4n) is 2.46. The monoisotopic (exact) mass is 321 g/mol. The number of ether oxygens (including phenoxy) is 1. The van der Waals surface area contributed by atoms with E-state index in [0.717, 1.165) is 11.3 Å². The van der Waals surface area contributed by atoms with E-state index in [-0.39, 0.29) is 5.91 Å². The van der Waals surface area contributed by atoms with Crippen molar-refractivity contribution in [2.45, 2.75) is 12.5 Å². The predicted octanol–water partition coefficient (Wildman–Crippen LogP) is 3.37. The van der Waals surface area contributed by atoms with Crippen molar-refractivity contribution in [3.8, 4) is 5.69 Å². The summed E-state index contributed by atoms with van der Waals surface area (Å²) in [6.45, 7) is 1.75. The van der Waals surface area contributed by atoms with Crippen LogP contribution in [0.2, 0.25) is 0 Å². The van der Waals surface area contributed by atoms with Crippen molar-refractivity contribution in [3.05, 3.63) is 78.6 Å². The Morgan fingerprint density at radius 1 is 1.08 bits per heavy atom. The SMILES string of the molecule is COC(C)(C(=O)Nc1cnn(-c2ccccc2)c1)c1ccccc1. The third kappa shape index (κ3) is 3.07. The number of hydrogen-bond acceptors (Lipinski definition) is 3. The van der Waals surface area contributed by atoms with E-state index < -0.39 is 5.60 Å². The van der Waals surface area contributed by atoms with Crippen molar-refractivity contribution >= 4 is 11.6 Å². The summed E-state index contributed by atoms with van der Waals surface area (Å²) < 4.78 is 7.22. The summed E-state index contributed by atoms with van der Waals surface area (Å²) >= 11 is 0. The second-order valence-corrected chi connectivity index (χ2v) is 5.57. The van der Waals surface area contributed by atoms with E-state index in [4.69, 9.17) is 4.74 Å². The highest BCUT2D eigenvalue weighted by molar-refractivity contribution is 5.97. The lowest BCUT2D eigenvalue weighted by Gasteiger charge is -2.27. The minimum absolute atomic E-state index is 0.246. The minimum atomic E-state index is -1.07. The molecule has 1 aromatic heterocycles. The highest BCUT2D eigenvalue weighted by atomic mass is 16.5. The molecule has 1 unspecified atom stereocenters. The number of para-hydroxylation sites is 1. The van der Waals surface area contributed by atoms with Gasteiger partial charge in [-0.3, -0.25) is 4.79 Å². The van der Waals surface area contributed by atoms with Crippen LogP contribution in [0, 0.1) is 0 Å². The molecule has 3 rings (SSSR count). The molecule has 0 aliphatic carbocycles. The number of methoxy groups -OCH3 is 1. The molecule has 122 valence electrons. The molecule has 0 spiro atoms. The molecule has 1 heterocycles. The summed E-state index contributed by atoms with van der Waals surface area (Å²) in [6.07, 6.45) is 3.39. The Labute approximate surface area is 140 Å². The number of carbonyl (C=O) groups is 1. The lowest BCUT2D eigenvalue weighted by atomic mass is 9.94. The molecule has 3 aromatic rings. The number of carbonyl (C=O) groups excluding carboxylic acids is 1. The Morgan fingerprint density at radius 3 is 2.33 bits per heavy atom. The second-order valence-electron chi connectivity index (χ2n) is 5.57. The first-order valence-corrected chi connectivity index (χ1v) is 7.66. The van der Waals surface area contributed by atoms with E-state index >= 15 is 0 Å². The first-order valence-electron chi connectivity index (χ1n) is 7.66. The summed E-state index contributed by atoms with van der Waals surface area (Å²) in [5.41, 5.74) is 1.26. The molecule has 24 heavy (non-hydrogen) atoms. The molecule has 0 aliphatic heterocycles. The third-order valence-corrected chi connectivity index (χ3v) is 4.03. The first-order chi connectivity index (χ1) is 11.6. The molecular formula is C19H19N3O2. The van der Waals surface area contributed by atoms with E-state index in [1.165, 1.54) is 7.11 Å². The fourth-order valence-corrected chi connectivity index (χ4v) is 2.46. The molecule has 5 nitrogen and oxygen atoms in total. The molecule has 5 heteroatoms. The van der Waals surface area contributed by atoms with Gasteiger partial charge in [0, 0.05) is 7.11 Å². The van der Waals surface area contributed by atoms with Gasteiger partial charge in [0.2, 0.25) is 0 Å². The van der Waals surface area contributed by atoms with Gasteiger partial charge in [0.15, 0.2) is 5.60 Å². The Kier molecular flexibility index (Phi) is 4.44. The van der Waals surface area contributed by atoms with Crippen molar-refractivity contribution in [2.24, 2.45) is 0 Å². The van der Waals surface area contributed by atoms with Gasteiger partial charge in [0.1, 0.15) is 0 Å². The van der Waals surface area contributed by atoms with Gasteiger partial charge in [-0.15, -0.1) is 0 Å². The van der Waals surface area contributed by atoms with Crippen LogP contribution in [0.4, 0.5) is 5.69 Å². The maximum absolute atomic E-state index is 12.7. The van der Waals surface area contributed by atoms with E-state index in [9.17, 15) is 4.79 Å². The molecule has 1 atom stereocenters. The van der Waals surface area contributed by atoms with Gasteiger partial charge in [0.05, 0.1) is 23.8 Å². The average molecular weight is 321 g/mol. The normalized spacial score (nSPS) is 13.2. The van der Waals surface area contributed by atoms with Crippen LogP contribution in [-0.4, -0.2) is 22.8 Å². The molecule has 0 radical (unpaired) electrons. The maximum Gasteiger partial charge on any atom is 0.261 e. The molecule has 0 bridgehead atoms. The highest BCUT2D eigenvalue weighted by Crippen LogP contribution is 2.26. The molecule has 2 aromatic carbocycles. The molecule has 0 fully saturated rings. The van der Waals surface area contributed by atoms with Crippen molar-refractivity contribution in [3.63, 3.8) is 0 Å². The van der Waals surface area contributed by atoms with Gasteiger partial charge in [0.25, 0.3) is 5.91 Å². The van der Waals surface area contributed by atoms with Crippen molar-refractivity contribution < 1.29 is 9.53 Å². The summed E-state index contributed by atoms with van der Waals surface area (Å²) in [4.78, 5) is 12.7. The molecular weight excluding hydrogens is 302 g/mol. The van der Waals surface area contributed by atoms with Crippen molar-refractivity contribution in [2.75, 3.05) is 12.4 Å². The number of anilines is 1. The fraction of sp³-hybridized carbons (Fsp3) is 0.158. The molecule has 0 saturated carbocycles. The number of benzene rings is 2. The van der Waals surface area contributed by atoms with Crippen LogP contribution in [0.25, 0.3) is 5.69 Å². The number of nitrogens with one attached hydrogen (secondary N) is 1. The van der Waals surface area contributed by atoms with Gasteiger partial charge < -0.3 is 10.1 Å². The van der Waals surface area contributed by atoms with Gasteiger partial charge in [-0.2, -0.15) is 5.10 Å². The molecule has 1 N–H and O–H groups in total. The van der Waals surface area contributed by atoms with Gasteiger partial charge >= 0.3 is 0 Å². The van der Waals surface area contributed by atoms with Crippen molar-refractivity contribution in [1.29, 1.82) is 0 Å². The van der Waals surface area contributed by atoms with E-state index in [2.05, 4.69) is 10.4 Å². The van der Waals surface area contributed by atoms with Crippen molar-refractivity contribution in [1.82, 2.24) is 9.78 Å².